The van der Waals surface area contributed by atoms with Crippen molar-refractivity contribution in [2.24, 2.45) is 11.8 Å². The van der Waals surface area contributed by atoms with E-state index in [1.165, 1.54) is 22.8 Å². The summed E-state index contributed by atoms with van der Waals surface area (Å²) in [7, 11) is 0. The summed E-state index contributed by atoms with van der Waals surface area (Å²) >= 11 is 0. The molecule has 0 radical (unpaired) electrons. The lowest BCUT2D eigenvalue weighted by Gasteiger charge is -2.41. The van der Waals surface area contributed by atoms with Gasteiger partial charge in [0.15, 0.2) is 0 Å². The molecular weight excluding hydrogens is 405 g/mol. The van der Waals surface area contributed by atoms with Gasteiger partial charge in [0.25, 0.3) is 0 Å². The summed E-state index contributed by atoms with van der Waals surface area (Å²) in [5.41, 5.74) is 4.78. The number of halogens is 1. The molecule has 2 aliphatic rings. The van der Waals surface area contributed by atoms with E-state index in [0.717, 1.165) is 47.6 Å². The standard InChI is InChI=1S/C24H26FN.C5H12.C2H6/c1-5-7-9-17-14-15(6-2)22(25)21-20(17)23-19-16(12-13-26-23)10-8-11-18(19)24(21,3)4;1-4-5(2)3;1-2/h5,7-8,10-13,17H,6,9,14H2,1-4H3;5H,4H2,1-3H3;1-2H3. The maximum Gasteiger partial charge on any atom is 0.126 e. The first-order valence-corrected chi connectivity index (χ1v) is 12.9. The molecular formula is C31H44FN. The minimum absolute atomic E-state index is 0.0116. The molecule has 2 heteroatoms. The van der Waals surface area contributed by atoms with Crippen LogP contribution in [0.1, 0.15) is 99.3 Å². The highest BCUT2D eigenvalue weighted by molar-refractivity contribution is 6.00. The number of pyridine rings is 1. The third-order valence-corrected chi connectivity index (χ3v) is 6.94. The van der Waals surface area contributed by atoms with Crippen LogP contribution in [0, 0.1) is 11.8 Å². The summed E-state index contributed by atoms with van der Waals surface area (Å²) in [5.74, 6) is 1.19. The Balaban J connectivity index is 0.000000489. The summed E-state index contributed by atoms with van der Waals surface area (Å²) in [6.45, 7) is 19.1. The number of benzene rings is 1. The van der Waals surface area contributed by atoms with Crippen molar-refractivity contribution in [2.45, 2.75) is 93.4 Å². The normalized spacial score (nSPS) is 18.7. The van der Waals surface area contributed by atoms with Gasteiger partial charge in [0.1, 0.15) is 5.83 Å². The van der Waals surface area contributed by atoms with Crippen LogP contribution in [0.5, 0.6) is 0 Å². The zero-order valence-corrected chi connectivity index (χ0v) is 22.3. The van der Waals surface area contributed by atoms with Gasteiger partial charge in [-0.05, 0) is 66.2 Å². The molecule has 1 atom stereocenters. The Morgan fingerprint density at radius 3 is 2.39 bits per heavy atom. The first kappa shape index (κ1) is 27.0. The van der Waals surface area contributed by atoms with Crippen LogP contribution in [0.25, 0.3) is 16.3 Å². The van der Waals surface area contributed by atoms with Crippen LogP contribution in [0.2, 0.25) is 0 Å². The molecule has 0 saturated carbocycles. The smallest absolute Gasteiger partial charge is 0.126 e. The molecule has 1 aromatic heterocycles. The maximum atomic E-state index is 15.6. The SMILES string of the molecule is CC.CC=CCC1CC(CC)=C(F)C2=C1c1nccc3cccc(c13)C2(C)C.CCC(C)C. The topological polar surface area (TPSA) is 12.9 Å². The van der Waals surface area contributed by atoms with E-state index in [0.29, 0.717) is 5.92 Å². The van der Waals surface area contributed by atoms with Crippen molar-refractivity contribution in [3.8, 4) is 0 Å². The number of hydrogen-bond donors (Lipinski definition) is 0. The quantitative estimate of drug-likeness (QED) is 0.423. The molecule has 1 nitrogen and oxygen atoms in total. The molecule has 1 unspecified atom stereocenters. The molecule has 0 aliphatic heterocycles. The summed E-state index contributed by atoms with van der Waals surface area (Å²) in [6.07, 6.45) is 9.97. The fourth-order valence-corrected chi connectivity index (χ4v) is 4.80. The van der Waals surface area contributed by atoms with Gasteiger partial charge < -0.3 is 0 Å². The molecule has 33 heavy (non-hydrogen) atoms. The van der Waals surface area contributed by atoms with Crippen LogP contribution >= 0.6 is 0 Å². The van der Waals surface area contributed by atoms with Crippen LogP contribution in [0.4, 0.5) is 4.39 Å². The average molecular weight is 450 g/mol. The van der Waals surface area contributed by atoms with E-state index < -0.39 is 0 Å². The Morgan fingerprint density at radius 1 is 1.15 bits per heavy atom. The highest BCUT2D eigenvalue weighted by Gasteiger charge is 2.43. The molecule has 4 rings (SSSR count). The predicted octanol–water partition coefficient (Wildman–Crippen LogP) is 9.98. The number of allylic oxidation sites excluding steroid dienone is 6. The zero-order chi connectivity index (χ0) is 24.8. The first-order chi connectivity index (χ1) is 15.8. The lowest BCUT2D eigenvalue weighted by Crippen LogP contribution is -2.31. The second-order valence-electron chi connectivity index (χ2n) is 9.76. The number of rotatable bonds is 4. The number of aromatic nitrogens is 1. The van der Waals surface area contributed by atoms with Gasteiger partial charge in [0.2, 0.25) is 0 Å². The summed E-state index contributed by atoms with van der Waals surface area (Å²) in [5, 5.41) is 2.40. The van der Waals surface area contributed by atoms with Gasteiger partial charge >= 0.3 is 0 Å². The van der Waals surface area contributed by atoms with Gasteiger partial charge in [-0.3, -0.25) is 4.98 Å². The second kappa shape index (κ2) is 11.8. The highest BCUT2D eigenvalue weighted by Crippen LogP contribution is 2.55. The molecule has 0 spiro atoms. The van der Waals surface area contributed by atoms with E-state index in [4.69, 9.17) is 4.98 Å². The molecule has 180 valence electrons. The molecule has 2 aliphatic carbocycles. The van der Waals surface area contributed by atoms with Crippen molar-refractivity contribution in [3.05, 3.63) is 70.8 Å². The third-order valence-electron chi connectivity index (χ3n) is 6.94. The minimum Gasteiger partial charge on any atom is -0.256 e. The van der Waals surface area contributed by atoms with E-state index in [1.54, 1.807) is 0 Å². The van der Waals surface area contributed by atoms with Crippen molar-refractivity contribution in [1.82, 2.24) is 4.98 Å². The average Bonchev–Trinajstić information content (AvgIpc) is 2.83. The molecule has 0 N–H and O–H groups in total. The summed E-state index contributed by atoms with van der Waals surface area (Å²) in [4.78, 5) is 4.76. The second-order valence-corrected chi connectivity index (χ2v) is 9.76. The van der Waals surface area contributed by atoms with Gasteiger partial charge in [0, 0.05) is 22.6 Å². The predicted molar refractivity (Wildman–Crippen MR) is 144 cm³/mol. The van der Waals surface area contributed by atoms with Gasteiger partial charge in [-0.15, -0.1) is 0 Å². The van der Waals surface area contributed by atoms with Crippen LogP contribution in [0.3, 0.4) is 0 Å². The van der Waals surface area contributed by atoms with Crippen molar-refractivity contribution in [2.75, 3.05) is 0 Å². The van der Waals surface area contributed by atoms with Crippen molar-refractivity contribution in [1.29, 1.82) is 0 Å². The van der Waals surface area contributed by atoms with Gasteiger partial charge in [0.05, 0.1) is 5.69 Å². The molecule has 0 saturated heterocycles. The molecule has 1 heterocycles. The Morgan fingerprint density at radius 2 is 1.82 bits per heavy atom. The van der Waals surface area contributed by atoms with Gasteiger partial charge in [-0.2, -0.15) is 0 Å². The molecule has 1 aromatic carbocycles. The highest BCUT2D eigenvalue weighted by atomic mass is 19.1. The third kappa shape index (κ3) is 5.31. The van der Waals surface area contributed by atoms with Gasteiger partial charge in [-0.25, -0.2) is 4.39 Å². The van der Waals surface area contributed by atoms with E-state index in [2.05, 4.69) is 78.0 Å². The van der Waals surface area contributed by atoms with Crippen molar-refractivity contribution < 1.29 is 4.39 Å². The van der Waals surface area contributed by atoms with Crippen molar-refractivity contribution >= 4 is 16.3 Å². The zero-order valence-electron chi connectivity index (χ0n) is 22.3. The lowest BCUT2D eigenvalue weighted by atomic mass is 9.63. The number of hydrogen-bond acceptors (Lipinski definition) is 1. The van der Waals surface area contributed by atoms with Crippen LogP contribution in [-0.2, 0) is 5.41 Å². The van der Waals surface area contributed by atoms with E-state index >= 15 is 4.39 Å². The molecule has 0 fully saturated rings. The summed E-state index contributed by atoms with van der Waals surface area (Å²) in [6, 6.07) is 8.43. The Labute approximate surface area is 201 Å². The van der Waals surface area contributed by atoms with Crippen LogP contribution in [0.15, 0.2) is 59.6 Å². The van der Waals surface area contributed by atoms with E-state index in [-0.39, 0.29) is 11.2 Å². The first-order valence-electron chi connectivity index (χ1n) is 12.9. The maximum absolute atomic E-state index is 15.6. The largest absolute Gasteiger partial charge is 0.256 e. The fourth-order valence-electron chi connectivity index (χ4n) is 4.80. The fraction of sp³-hybridized carbons (Fsp3) is 0.516. The minimum atomic E-state index is -0.357. The monoisotopic (exact) mass is 449 g/mol. The van der Waals surface area contributed by atoms with Crippen LogP contribution in [-0.4, -0.2) is 4.98 Å². The Kier molecular flexibility index (Phi) is 9.64. The molecule has 0 amide bonds. The van der Waals surface area contributed by atoms with E-state index in [1.807, 2.05) is 27.0 Å². The van der Waals surface area contributed by atoms with Crippen molar-refractivity contribution in [3.63, 3.8) is 0 Å². The lowest BCUT2D eigenvalue weighted by molar-refractivity contribution is 0.504. The molecule has 2 aromatic rings. The van der Waals surface area contributed by atoms with E-state index in [9.17, 15) is 0 Å². The van der Waals surface area contributed by atoms with Gasteiger partial charge in [-0.1, -0.05) is 92.2 Å². The number of nitrogens with zero attached hydrogens (tertiary/aromatic N) is 1. The number of fused-ring (bicyclic) bond motifs is 1. The Bertz CT molecular complexity index is 1030. The molecule has 0 bridgehead atoms. The van der Waals surface area contributed by atoms with Crippen LogP contribution < -0.4 is 0 Å². The summed E-state index contributed by atoms with van der Waals surface area (Å²) < 4.78 is 15.6. The Hall–Kier alpha value is -2.22.